The number of furan rings is 1. The van der Waals surface area contributed by atoms with Gasteiger partial charge in [0.2, 0.25) is 12.2 Å². The minimum absolute atomic E-state index is 0.146. The van der Waals surface area contributed by atoms with Crippen molar-refractivity contribution in [3.63, 3.8) is 0 Å². The van der Waals surface area contributed by atoms with Crippen LogP contribution in [0.1, 0.15) is 0 Å². The molecule has 6 nitrogen and oxygen atoms in total. The maximum absolute atomic E-state index is 13.0. The van der Waals surface area contributed by atoms with Gasteiger partial charge in [0.15, 0.2) is 11.5 Å². The number of ether oxygens (including phenoxy) is 3. The first-order valence-electron chi connectivity index (χ1n) is 7.65. The molecule has 1 aliphatic rings. The minimum Gasteiger partial charge on any atom is -0.496 e. The number of hydrogen-bond acceptors (Lipinski definition) is 6. The first kappa shape index (κ1) is 14.0. The predicted octanol–water partition coefficient (Wildman–Crippen LogP) is 3.94. The third kappa shape index (κ3) is 2.00. The van der Waals surface area contributed by atoms with E-state index in [1.54, 1.807) is 37.6 Å². The van der Waals surface area contributed by atoms with E-state index < -0.39 is 0 Å². The van der Waals surface area contributed by atoms with Gasteiger partial charge in [-0.05, 0) is 18.2 Å². The van der Waals surface area contributed by atoms with E-state index in [9.17, 15) is 4.79 Å². The van der Waals surface area contributed by atoms with Crippen molar-refractivity contribution < 1.29 is 23.0 Å². The molecule has 0 atom stereocenters. The van der Waals surface area contributed by atoms with Crippen molar-refractivity contribution in [1.82, 2.24) is 0 Å². The maximum atomic E-state index is 13.0. The number of methoxy groups -OCH3 is 1. The van der Waals surface area contributed by atoms with E-state index in [2.05, 4.69) is 0 Å². The zero-order valence-corrected chi connectivity index (χ0v) is 13.2. The predicted molar refractivity (Wildman–Crippen MR) is 90.4 cm³/mol. The molecule has 0 unspecified atom stereocenters. The summed E-state index contributed by atoms with van der Waals surface area (Å²) < 4.78 is 27.2. The van der Waals surface area contributed by atoms with Gasteiger partial charge in [-0.25, -0.2) is 0 Å². The molecule has 2 aromatic heterocycles. The average molecular weight is 336 g/mol. The van der Waals surface area contributed by atoms with E-state index in [1.165, 1.54) is 6.26 Å². The first-order valence-corrected chi connectivity index (χ1v) is 7.65. The summed E-state index contributed by atoms with van der Waals surface area (Å²) in [6.07, 6.45) is 3.01. The lowest BCUT2D eigenvalue weighted by atomic mass is 10.0. The number of hydrogen-bond donors (Lipinski definition) is 0. The summed E-state index contributed by atoms with van der Waals surface area (Å²) in [7, 11) is 1.54. The van der Waals surface area contributed by atoms with Gasteiger partial charge >= 0.3 is 0 Å². The molecule has 0 amide bonds. The topological polar surface area (TPSA) is 71.0 Å². The Balaban J connectivity index is 1.79. The van der Waals surface area contributed by atoms with Crippen LogP contribution in [0.3, 0.4) is 0 Å². The number of rotatable bonds is 2. The number of fused-ring (bicyclic) bond motifs is 3. The summed E-state index contributed by atoms with van der Waals surface area (Å²) in [4.78, 5) is 13.0. The van der Waals surface area contributed by atoms with Crippen LogP contribution in [-0.2, 0) is 0 Å². The van der Waals surface area contributed by atoms with Crippen LogP contribution < -0.4 is 19.6 Å². The standard InChI is InChI=1S/C19H12O6/c1-21-15-7-18-17(24-9-25-18)5-11(15)13-8-23-16-6-14-10(2-3-22-14)4-12(16)19(13)20/h2-8H,9H2,1H3. The van der Waals surface area contributed by atoms with Crippen molar-refractivity contribution in [3.05, 3.63) is 53.1 Å². The van der Waals surface area contributed by atoms with Crippen LogP contribution in [0.15, 0.2) is 56.5 Å². The van der Waals surface area contributed by atoms with E-state index >= 15 is 0 Å². The lowest BCUT2D eigenvalue weighted by Gasteiger charge is -2.10. The average Bonchev–Trinajstić information content (AvgIpc) is 3.27. The summed E-state index contributed by atoms with van der Waals surface area (Å²) >= 11 is 0. The molecule has 3 heterocycles. The molecule has 5 rings (SSSR count). The monoisotopic (exact) mass is 336 g/mol. The molecule has 0 N–H and O–H groups in total. The van der Waals surface area contributed by atoms with Gasteiger partial charge in [0.05, 0.1) is 24.3 Å². The highest BCUT2D eigenvalue weighted by atomic mass is 16.7. The van der Waals surface area contributed by atoms with Gasteiger partial charge in [0.1, 0.15) is 23.2 Å². The Morgan fingerprint density at radius 3 is 2.64 bits per heavy atom. The van der Waals surface area contributed by atoms with Crippen LogP contribution in [0.2, 0.25) is 0 Å². The normalized spacial score (nSPS) is 12.8. The van der Waals surface area contributed by atoms with Crippen molar-refractivity contribution >= 4 is 21.9 Å². The van der Waals surface area contributed by atoms with Crippen LogP contribution in [0, 0.1) is 0 Å². The van der Waals surface area contributed by atoms with Gasteiger partial charge in [0.25, 0.3) is 0 Å². The van der Waals surface area contributed by atoms with Crippen molar-refractivity contribution in [1.29, 1.82) is 0 Å². The lowest BCUT2D eigenvalue weighted by molar-refractivity contribution is 0.174. The van der Waals surface area contributed by atoms with Gasteiger partial charge < -0.3 is 23.0 Å². The fourth-order valence-electron chi connectivity index (χ4n) is 3.08. The van der Waals surface area contributed by atoms with Crippen LogP contribution in [0.4, 0.5) is 0 Å². The Morgan fingerprint density at radius 1 is 0.960 bits per heavy atom. The highest BCUT2D eigenvalue weighted by Gasteiger charge is 2.21. The van der Waals surface area contributed by atoms with Gasteiger partial charge in [-0.1, -0.05) is 0 Å². The molecule has 0 saturated carbocycles. The SMILES string of the molecule is COc1cc2c(cc1-c1coc3cc4occc4cc3c1=O)OCO2. The lowest BCUT2D eigenvalue weighted by Crippen LogP contribution is -2.05. The largest absolute Gasteiger partial charge is 0.496 e. The van der Waals surface area contributed by atoms with Crippen LogP contribution in [-0.4, -0.2) is 13.9 Å². The van der Waals surface area contributed by atoms with Crippen LogP contribution in [0.25, 0.3) is 33.1 Å². The molecule has 25 heavy (non-hydrogen) atoms. The van der Waals surface area contributed by atoms with E-state index in [1.807, 2.05) is 6.07 Å². The molecule has 0 bridgehead atoms. The Labute approximate surface area is 141 Å². The maximum Gasteiger partial charge on any atom is 0.231 e. The molecule has 2 aromatic carbocycles. The molecule has 4 aromatic rings. The molecule has 0 spiro atoms. The van der Waals surface area contributed by atoms with Crippen molar-refractivity contribution in [2.75, 3.05) is 13.9 Å². The van der Waals surface area contributed by atoms with Crippen LogP contribution in [0.5, 0.6) is 17.2 Å². The van der Waals surface area contributed by atoms with Crippen molar-refractivity contribution in [2.45, 2.75) is 0 Å². The molecule has 0 radical (unpaired) electrons. The van der Waals surface area contributed by atoms with E-state index in [-0.39, 0.29) is 12.2 Å². The third-order valence-corrected chi connectivity index (χ3v) is 4.33. The smallest absolute Gasteiger partial charge is 0.231 e. The van der Waals surface area contributed by atoms with Gasteiger partial charge in [0, 0.05) is 23.1 Å². The second-order valence-electron chi connectivity index (χ2n) is 5.69. The number of benzene rings is 2. The van der Waals surface area contributed by atoms with Crippen LogP contribution >= 0.6 is 0 Å². The van der Waals surface area contributed by atoms with E-state index in [4.69, 9.17) is 23.0 Å². The van der Waals surface area contributed by atoms with Crippen molar-refractivity contribution in [3.8, 4) is 28.4 Å². The zero-order chi connectivity index (χ0) is 17.0. The molecular formula is C19H12O6. The Kier molecular flexibility index (Phi) is 2.82. The molecule has 0 aliphatic carbocycles. The second kappa shape index (κ2) is 5.04. The Hall–Kier alpha value is -3.41. The zero-order valence-electron chi connectivity index (χ0n) is 13.2. The summed E-state index contributed by atoms with van der Waals surface area (Å²) in [5.41, 5.74) is 1.97. The van der Waals surface area contributed by atoms with Gasteiger partial charge in [-0.3, -0.25) is 4.79 Å². The Bertz CT molecular complexity index is 1180. The minimum atomic E-state index is -0.151. The summed E-state index contributed by atoms with van der Waals surface area (Å²) in [6.45, 7) is 0.146. The molecule has 0 saturated heterocycles. The van der Waals surface area contributed by atoms with E-state index in [0.29, 0.717) is 44.9 Å². The molecule has 1 aliphatic heterocycles. The summed E-state index contributed by atoms with van der Waals surface area (Å²) in [5, 5.41) is 1.32. The molecular weight excluding hydrogens is 324 g/mol. The highest BCUT2D eigenvalue weighted by Crippen LogP contribution is 2.42. The Morgan fingerprint density at radius 2 is 1.80 bits per heavy atom. The second-order valence-corrected chi connectivity index (χ2v) is 5.69. The summed E-state index contributed by atoms with van der Waals surface area (Å²) in [5.74, 6) is 1.67. The highest BCUT2D eigenvalue weighted by molar-refractivity contribution is 5.94. The quantitative estimate of drug-likeness (QED) is 0.552. The molecule has 0 fully saturated rings. The van der Waals surface area contributed by atoms with Gasteiger partial charge in [-0.2, -0.15) is 0 Å². The molecule has 124 valence electrons. The fraction of sp³-hybridized carbons (Fsp3) is 0.105. The van der Waals surface area contributed by atoms with Crippen molar-refractivity contribution in [2.24, 2.45) is 0 Å². The molecule has 6 heteroatoms. The first-order chi connectivity index (χ1) is 12.2. The van der Waals surface area contributed by atoms with E-state index in [0.717, 1.165) is 5.39 Å². The fourth-order valence-corrected chi connectivity index (χ4v) is 3.08. The third-order valence-electron chi connectivity index (χ3n) is 4.33. The van der Waals surface area contributed by atoms with Gasteiger partial charge in [-0.15, -0.1) is 0 Å². The summed E-state index contributed by atoms with van der Waals surface area (Å²) in [6, 6.07) is 8.73.